The van der Waals surface area contributed by atoms with Crippen LogP contribution in [-0.4, -0.2) is 26.4 Å². The predicted molar refractivity (Wildman–Crippen MR) is 66.8 cm³/mol. The summed E-state index contributed by atoms with van der Waals surface area (Å²) in [5.41, 5.74) is 1.17. The second-order valence-corrected chi connectivity index (χ2v) is 4.30. The zero-order valence-electron chi connectivity index (χ0n) is 11.0. The van der Waals surface area contributed by atoms with Crippen molar-refractivity contribution in [1.82, 2.24) is 5.32 Å². The molecule has 4 heteroatoms. The standard InChI is InChI=1S/C13H23NO3/c1-11(2)14-9-12-5-8-17-13(12)10-16-7-4-6-15-3/h5,8,11,14H,4,6-7,9-10H2,1-3H3. The molecule has 0 aliphatic heterocycles. The molecule has 1 heterocycles. The second-order valence-electron chi connectivity index (χ2n) is 4.30. The van der Waals surface area contributed by atoms with Gasteiger partial charge in [0.2, 0.25) is 0 Å². The molecule has 0 bridgehead atoms. The Morgan fingerprint density at radius 3 is 2.88 bits per heavy atom. The summed E-state index contributed by atoms with van der Waals surface area (Å²) in [5.74, 6) is 0.913. The fraction of sp³-hybridized carbons (Fsp3) is 0.692. The highest BCUT2D eigenvalue weighted by Crippen LogP contribution is 2.12. The van der Waals surface area contributed by atoms with Crippen LogP contribution in [-0.2, 0) is 22.6 Å². The topological polar surface area (TPSA) is 43.6 Å². The monoisotopic (exact) mass is 241 g/mol. The molecule has 0 aliphatic carbocycles. The fourth-order valence-corrected chi connectivity index (χ4v) is 1.44. The lowest BCUT2D eigenvalue weighted by Gasteiger charge is -2.08. The van der Waals surface area contributed by atoms with Crippen LogP contribution in [0.4, 0.5) is 0 Å². The van der Waals surface area contributed by atoms with Crippen LogP contribution in [0.1, 0.15) is 31.6 Å². The quantitative estimate of drug-likeness (QED) is 0.674. The van der Waals surface area contributed by atoms with Crippen LogP contribution in [0.15, 0.2) is 16.7 Å². The maximum Gasteiger partial charge on any atom is 0.133 e. The third kappa shape index (κ3) is 5.86. The molecule has 1 rings (SSSR count). The van der Waals surface area contributed by atoms with Crippen molar-refractivity contribution in [2.24, 2.45) is 0 Å². The number of methoxy groups -OCH3 is 1. The van der Waals surface area contributed by atoms with Crippen molar-refractivity contribution in [3.8, 4) is 0 Å². The maximum absolute atomic E-state index is 5.53. The Morgan fingerprint density at radius 2 is 2.18 bits per heavy atom. The average molecular weight is 241 g/mol. The molecule has 0 aliphatic rings. The summed E-state index contributed by atoms with van der Waals surface area (Å²) >= 11 is 0. The Hall–Kier alpha value is -0.840. The van der Waals surface area contributed by atoms with Gasteiger partial charge in [0.1, 0.15) is 12.4 Å². The molecule has 0 radical (unpaired) electrons. The van der Waals surface area contributed by atoms with Gasteiger partial charge in [-0.3, -0.25) is 0 Å². The summed E-state index contributed by atoms with van der Waals surface area (Å²) in [5, 5.41) is 3.36. The van der Waals surface area contributed by atoms with Crippen molar-refractivity contribution in [2.45, 2.75) is 39.5 Å². The van der Waals surface area contributed by atoms with Crippen LogP contribution in [0.3, 0.4) is 0 Å². The first kappa shape index (κ1) is 14.2. The van der Waals surface area contributed by atoms with Crippen molar-refractivity contribution >= 4 is 0 Å². The number of rotatable bonds is 9. The van der Waals surface area contributed by atoms with E-state index in [1.165, 1.54) is 5.56 Å². The second kappa shape index (κ2) is 8.28. The van der Waals surface area contributed by atoms with Crippen molar-refractivity contribution in [3.63, 3.8) is 0 Å². The lowest BCUT2D eigenvalue weighted by molar-refractivity contribution is 0.0821. The lowest BCUT2D eigenvalue weighted by Crippen LogP contribution is -2.22. The van der Waals surface area contributed by atoms with Gasteiger partial charge in [-0.2, -0.15) is 0 Å². The molecule has 0 saturated heterocycles. The zero-order chi connectivity index (χ0) is 12.5. The van der Waals surface area contributed by atoms with Gasteiger partial charge in [0.15, 0.2) is 0 Å². The molecule has 1 N–H and O–H groups in total. The molecule has 0 spiro atoms. The zero-order valence-corrected chi connectivity index (χ0v) is 11.0. The van der Waals surface area contributed by atoms with Crippen molar-refractivity contribution in [1.29, 1.82) is 0 Å². The van der Waals surface area contributed by atoms with Crippen LogP contribution in [0.5, 0.6) is 0 Å². The van der Waals surface area contributed by atoms with Gasteiger partial charge in [0.25, 0.3) is 0 Å². The molecule has 0 atom stereocenters. The fourth-order valence-electron chi connectivity index (χ4n) is 1.44. The molecule has 98 valence electrons. The molecule has 0 amide bonds. The Balaban J connectivity index is 2.25. The summed E-state index contributed by atoms with van der Waals surface area (Å²) in [6, 6.07) is 2.46. The molecule has 4 nitrogen and oxygen atoms in total. The van der Waals surface area contributed by atoms with E-state index in [0.29, 0.717) is 19.3 Å². The van der Waals surface area contributed by atoms with Crippen molar-refractivity contribution in [2.75, 3.05) is 20.3 Å². The average Bonchev–Trinajstić information content (AvgIpc) is 2.73. The number of hydrogen-bond acceptors (Lipinski definition) is 4. The Bertz CT molecular complexity index is 297. The van der Waals surface area contributed by atoms with Gasteiger partial charge in [0, 0.05) is 38.5 Å². The van der Waals surface area contributed by atoms with E-state index in [4.69, 9.17) is 13.9 Å². The van der Waals surface area contributed by atoms with E-state index < -0.39 is 0 Å². The van der Waals surface area contributed by atoms with Gasteiger partial charge in [-0.1, -0.05) is 13.8 Å². The van der Waals surface area contributed by atoms with Crippen molar-refractivity contribution in [3.05, 3.63) is 23.7 Å². The third-order valence-electron chi connectivity index (χ3n) is 2.41. The number of ether oxygens (including phenoxy) is 2. The Labute approximate surface area is 103 Å². The molecule has 0 saturated carbocycles. The molecule has 0 fully saturated rings. The molecular formula is C13H23NO3. The summed E-state index contributed by atoms with van der Waals surface area (Å²) < 4.78 is 15.9. The predicted octanol–water partition coefficient (Wildman–Crippen LogP) is 2.33. The Morgan fingerprint density at radius 1 is 1.35 bits per heavy atom. The maximum atomic E-state index is 5.53. The lowest BCUT2D eigenvalue weighted by atomic mass is 10.2. The van der Waals surface area contributed by atoms with Gasteiger partial charge >= 0.3 is 0 Å². The smallest absolute Gasteiger partial charge is 0.133 e. The number of hydrogen-bond donors (Lipinski definition) is 1. The highest BCUT2D eigenvalue weighted by Gasteiger charge is 2.06. The number of furan rings is 1. The first-order valence-corrected chi connectivity index (χ1v) is 6.09. The molecule has 0 aromatic carbocycles. The highest BCUT2D eigenvalue weighted by molar-refractivity contribution is 5.16. The van der Waals surface area contributed by atoms with Crippen LogP contribution in [0, 0.1) is 0 Å². The van der Waals surface area contributed by atoms with E-state index in [9.17, 15) is 0 Å². The summed E-state index contributed by atoms with van der Waals surface area (Å²) in [6.07, 6.45) is 2.63. The van der Waals surface area contributed by atoms with Crippen LogP contribution >= 0.6 is 0 Å². The normalized spacial score (nSPS) is 11.3. The largest absolute Gasteiger partial charge is 0.467 e. The summed E-state index contributed by atoms with van der Waals surface area (Å²) in [6.45, 7) is 7.05. The van der Waals surface area contributed by atoms with Crippen molar-refractivity contribution < 1.29 is 13.9 Å². The van der Waals surface area contributed by atoms with E-state index in [1.54, 1.807) is 13.4 Å². The van der Waals surface area contributed by atoms with Gasteiger partial charge in [-0.25, -0.2) is 0 Å². The van der Waals surface area contributed by atoms with Gasteiger partial charge < -0.3 is 19.2 Å². The molecule has 1 aromatic rings. The minimum atomic E-state index is 0.473. The van der Waals surface area contributed by atoms with Gasteiger partial charge in [0.05, 0.1) is 6.26 Å². The van der Waals surface area contributed by atoms with E-state index in [-0.39, 0.29) is 0 Å². The first-order chi connectivity index (χ1) is 8.24. The SMILES string of the molecule is COCCCOCc1occc1CNC(C)C. The van der Waals surface area contributed by atoms with E-state index in [1.807, 2.05) is 6.07 Å². The highest BCUT2D eigenvalue weighted by atomic mass is 16.5. The summed E-state index contributed by atoms with van der Waals surface area (Å²) in [7, 11) is 1.70. The van der Waals surface area contributed by atoms with Crippen LogP contribution in [0.25, 0.3) is 0 Å². The van der Waals surface area contributed by atoms with Gasteiger partial charge in [-0.15, -0.1) is 0 Å². The Kier molecular flexibility index (Phi) is 6.93. The third-order valence-corrected chi connectivity index (χ3v) is 2.41. The molecular weight excluding hydrogens is 218 g/mol. The molecule has 17 heavy (non-hydrogen) atoms. The molecule has 0 unspecified atom stereocenters. The van der Waals surface area contributed by atoms with Gasteiger partial charge in [-0.05, 0) is 12.5 Å². The number of nitrogens with one attached hydrogen (secondary N) is 1. The minimum absolute atomic E-state index is 0.473. The van der Waals surface area contributed by atoms with E-state index >= 15 is 0 Å². The minimum Gasteiger partial charge on any atom is -0.467 e. The molecule has 1 aromatic heterocycles. The van der Waals surface area contributed by atoms with Crippen LogP contribution in [0.2, 0.25) is 0 Å². The summed E-state index contributed by atoms with van der Waals surface area (Å²) in [4.78, 5) is 0. The van der Waals surface area contributed by atoms with E-state index in [0.717, 1.165) is 25.3 Å². The first-order valence-electron chi connectivity index (χ1n) is 6.09. The van der Waals surface area contributed by atoms with E-state index in [2.05, 4.69) is 19.2 Å². The van der Waals surface area contributed by atoms with Crippen LogP contribution < -0.4 is 5.32 Å².